The Morgan fingerprint density at radius 3 is 2.63 bits per heavy atom. The molecule has 102 valence electrons. The van der Waals surface area contributed by atoms with Gasteiger partial charge in [-0.3, -0.25) is 0 Å². The Labute approximate surface area is 113 Å². The van der Waals surface area contributed by atoms with Gasteiger partial charge in [-0.1, -0.05) is 12.1 Å². The van der Waals surface area contributed by atoms with E-state index in [1.165, 1.54) is 0 Å². The van der Waals surface area contributed by atoms with E-state index in [4.69, 9.17) is 9.15 Å². The van der Waals surface area contributed by atoms with E-state index in [1.54, 1.807) is 6.26 Å². The van der Waals surface area contributed by atoms with Crippen molar-refractivity contribution in [2.75, 3.05) is 18.5 Å². The minimum atomic E-state index is 0.292. The van der Waals surface area contributed by atoms with Crippen molar-refractivity contribution in [1.82, 2.24) is 4.98 Å². The van der Waals surface area contributed by atoms with Crippen LogP contribution in [-0.2, 0) is 4.74 Å². The van der Waals surface area contributed by atoms with Crippen LogP contribution in [0.4, 0.5) is 5.69 Å². The highest BCUT2D eigenvalue weighted by Gasteiger charge is 2.05. The van der Waals surface area contributed by atoms with Crippen molar-refractivity contribution in [3.8, 4) is 11.3 Å². The van der Waals surface area contributed by atoms with E-state index < -0.39 is 0 Å². The first-order chi connectivity index (χ1) is 9.19. The fourth-order valence-corrected chi connectivity index (χ4v) is 1.85. The summed E-state index contributed by atoms with van der Waals surface area (Å²) in [6.07, 6.45) is 1.68. The number of benzene rings is 1. The lowest BCUT2D eigenvalue weighted by Gasteiger charge is -2.15. The number of anilines is 1. The van der Waals surface area contributed by atoms with Gasteiger partial charge in [0.1, 0.15) is 12.0 Å². The molecule has 0 saturated heterocycles. The van der Waals surface area contributed by atoms with Crippen molar-refractivity contribution in [1.29, 1.82) is 0 Å². The average Bonchev–Trinajstić information content (AvgIpc) is 2.84. The van der Waals surface area contributed by atoms with Crippen LogP contribution in [0.2, 0.25) is 0 Å². The molecule has 0 aliphatic rings. The van der Waals surface area contributed by atoms with Crippen LogP contribution in [0.25, 0.3) is 11.3 Å². The maximum absolute atomic E-state index is 5.38. The summed E-state index contributed by atoms with van der Waals surface area (Å²) in [5, 5.41) is 3.39. The van der Waals surface area contributed by atoms with Crippen molar-refractivity contribution in [2.45, 2.75) is 26.8 Å². The Morgan fingerprint density at radius 1 is 1.32 bits per heavy atom. The number of rotatable bonds is 6. The molecular formula is C15H20N2O2. The van der Waals surface area contributed by atoms with Crippen molar-refractivity contribution in [2.24, 2.45) is 0 Å². The molecule has 0 amide bonds. The predicted octanol–water partition coefficient (Wildman–Crippen LogP) is 3.49. The van der Waals surface area contributed by atoms with Crippen LogP contribution in [0.15, 0.2) is 34.9 Å². The van der Waals surface area contributed by atoms with Gasteiger partial charge in [0.2, 0.25) is 0 Å². The second-order valence-electron chi connectivity index (χ2n) is 4.53. The van der Waals surface area contributed by atoms with E-state index >= 15 is 0 Å². The van der Waals surface area contributed by atoms with Gasteiger partial charge >= 0.3 is 0 Å². The van der Waals surface area contributed by atoms with Crippen molar-refractivity contribution >= 4 is 5.69 Å². The quantitative estimate of drug-likeness (QED) is 0.863. The number of nitrogens with one attached hydrogen (secondary N) is 1. The van der Waals surface area contributed by atoms with Gasteiger partial charge in [-0.25, -0.2) is 4.98 Å². The third-order valence-corrected chi connectivity index (χ3v) is 2.78. The maximum Gasteiger partial charge on any atom is 0.191 e. The molecule has 4 nitrogen and oxygen atoms in total. The highest BCUT2D eigenvalue weighted by molar-refractivity contribution is 5.61. The summed E-state index contributed by atoms with van der Waals surface area (Å²) in [4.78, 5) is 4.30. The second kappa shape index (κ2) is 6.38. The molecule has 1 unspecified atom stereocenters. The molecule has 1 N–H and O–H groups in total. The summed E-state index contributed by atoms with van der Waals surface area (Å²) in [5.74, 6) is 0.683. The SMILES string of the molecule is CCOCC(C)Nc1ccc(-c2coc(C)n2)cc1. The van der Waals surface area contributed by atoms with E-state index in [1.807, 2.05) is 38.1 Å². The van der Waals surface area contributed by atoms with E-state index in [0.717, 1.165) is 23.6 Å². The van der Waals surface area contributed by atoms with E-state index in [9.17, 15) is 0 Å². The first-order valence-corrected chi connectivity index (χ1v) is 6.56. The highest BCUT2D eigenvalue weighted by atomic mass is 16.5. The Balaban J connectivity index is 1.98. The normalized spacial score (nSPS) is 12.4. The van der Waals surface area contributed by atoms with E-state index in [-0.39, 0.29) is 0 Å². The number of ether oxygens (including phenoxy) is 1. The molecule has 0 fully saturated rings. The number of hydrogen-bond donors (Lipinski definition) is 1. The first-order valence-electron chi connectivity index (χ1n) is 6.56. The Morgan fingerprint density at radius 2 is 2.05 bits per heavy atom. The summed E-state index contributed by atoms with van der Waals surface area (Å²) in [6, 6.07) is 8.45. The maximum atomic E-state index is 5.38. The molecular weight excluding hydrogens is 240 g/mol. The number of hydrogen-bond acceptors (Lipinski definition) is 4. The zero-order valence-electron chi connectivity index (χ0n) is 11.6. The van der Waals surface area contributed by atoms with Gasteiger partial charge in [0.25, 0.3) is 0 Å². The Hall–Kier alpha value is -1.81. The van der Waals surface area contributed by atoms with Crippen molar-refractivity contribution < 1.29 is 9.15 Å². The molecule has 1 heterocycles. The molecule has 0 aliphatic heterocycles. The molecule has 1 aromatic heterocycles. The third-order valence-electron chi connectivity index (χ3n) is 2.78. The van der Waals surface area contributed by atoms with Gasteiger partial charge in [0.05, 0.1) is 6.61 Å². The summed E-state index contributed by atoms with van der Waals surface area (Å²) in [7, 11) is 0. The fraction of sp³-hybridized carbons (Fsp3) is 0.400. The average molecular weight is 260 g/mol. The van der Waals surface area contributed by atoms with Crippen LogP contribution < -0.4 is 5.32 Å². The number of aromatic nitrogens is 1. The third kappa shape index (κ3) is 3.83. The summed E-state index contributed by atoms with van der Waals surface area (Å²) >= 11 is 0. The molecule has 2 rings (SSSR count). The first kappa shape index (κ1) is 13.6. The van der Waals surface area contributed by atoms with Crippen LogP contribution in [0.3, 0.4) is 0 Å². The molecule has 2 aromatic rings. The van der Waals surface area contributed by atoms with Gasteiger partial charge < -0.3 is 14.5 Å². The minimum Gasteiger partial charge on any atom is -0.449 e. The van der Waals surface area contributed by atoms with Crippen LogP contribution in [0.1, 0.15) is 19.7 Å². The summed E-state index contributed by atoms with van der Waals surface area (Å²) < 4.78 is 10.6. The monoisotopic (exact) mass is 260 g/mol. The van der Waals surface area contributed by atoms with Gasteiger partial charge in [-0.15, -0.1) is 0 Å². The number of aryl methyl sites for hydroxylation is 1. The topological polar surface area (TPSA) is 47.3 Å². The molecule has 0 radical (unpaired) electrons. The number of oxazole rings is 1. The van der Waals surface area contributed by atoms with Gasteiger partial charge in [0, 0.05) is 30.8 Å². The van der Waals surface area contributed by atoms with E-state index in [2.05, 4.69) is 17.2 Å². The fourth-order valence-electron chi connectivity index (χ4n) is 1.85. The second-order valence-corrected chi connectivity index (χ2v) is 4.53. The van der Waals surface area contributed by atoms with Crippen molar-refractivity contribution in [3.63, 3.8) is 0 Å². The minimum absolute atomic E-state index is 0.292. The lowest BCUT2D eigenvalue weighted by atomic mass is 10.1. The van der Waals surface area contributed by atoms with Crippen LogP contribution in [0, 0.1) is 6.92 Å². The lowest BCUT2D eigenvalue weighted by Crippen LogP contribution is -2.21. The number of nitrogens with zero attached hydrogens (tertiary/aromatic N) is 1. The molecule has 0 spiro atoms. The van der Waals surface area contributed by atoms with Crippen LogP contribution >= 0.6 is 0 Å². The molecule has 0 bridgehead atoms. The molecule has 1 aromatic carbocycles. The van der Waals surface area contributed by atoms with Gasteiger partial charge in [-0.2, -0.15) is 0 Å². The van der Waals surface area contributed by atoms with Gasteiger partial charge in [0.15, 0.2) is 5.89 Å². The molecule has 1 atom stereocenters. The summed E-state index contributed by atoms with van der Waals surface area (Å²) in [6.45, 7) is 7.40. The highest BCUT2D eigenvalue weighted by Crippen LogP contribution is 2.21. The summed E-state index contributed by atoms with van der Waals surface area (Å²) in [5.41, 5.74) is 3.00. The Kier molecular flexibility index (Phi) is 4.58. The van der Waals surface area contributed by atoms with Crippen molar-refractivity contribution in [3.05, 3.63) is 36.4 Å². The van der Waals surface area contributed by atoms with Crippen LogP contribution in [-0.4, -0.2) is 24.2 Å². The lowest BCUT2D eigenvalue weighted by molar-refractivity contribution is 0.141. The van der Waals surface area contributed by atoms with E-state index in [0.29, 0.717) is 18.5 Å². The standard InChI is InChI=1S/C15H20N2O2/c1-4-18-9-11(2)16-14-7-5-13(6-8-14)15-10-19-12(3)17-15/h5-8,10-11,16H,4,9H2,1-3H3. The predicted molar refractivity (Wildman–Crippen MR) is 76.3 cm³/mol. The zero-order chi connectivity index (χ0) is 13.7. The Bertz CT molecular complexity index is 505. The van der Waals surface area contributed by atoms with Crippen LogP contribution in [0.5, 0.6) is 0 Å². The molecule has 0 saturated carbocycles. The van der Waals surface area contributed by atoms with Gasteiger partial charge in [-0.05, 0) is 26.0 Å². The zero-order valence-corrected chi connectivity index (χ0v) is 11.6. The molecule has 0 aliphatic carbocycles. The largest absolute Gasteiger partial charge is 0.449 e. The molecule has 19 heavy (non-hydrogen) atoms. The smallest absolute Gasteiger partial charge is 0.191 e. The molecule has 4 heteroatoms.